The third-order valence-corrected chi connectivity index (χ3v) is 3.58. The van der Waals surface area contributed by atoms with E-state index in [-0.39, 0.29) is 24.3 Å². The van der Waals surface area contributed by atoms with Crippen LogP contribution in [0.1, 0.15) is 56.6 Å². The molecule has 0 aromatic carbocycles. The molecule has 118 valence electrons. The molecule has 0 radical (unpaired) electrons. The highest BCUT2D eigenvalue weighted by molar-refractivity contribution is 6.31. The van der Waals surface area contributed by atoms with Crippen molar-refractivity contribution in [3.05, 3.63) is 23.0 Å². The van der Waals surface area contributed by atoms with Crippen LogP contribution in [-0.2, 0) is 4.79 Å². The highest BCUT2D eigenvalue weighted by Crippen LogP contribution is 2.18. The monoisotopic (exact) mass is 314 g/mol. The summed E-state index contributed by atoms with van der Waals surface area (Å²) in [6.07, 6.45) is 3.30. The minimum atomic E-state index is -0.782. The molecule has 0 bridgehead atoms. The van der Waals surface area contributed by atoms with Crippen molar-refractivity contribution < 1.29 is 14.7 Å². The standard InChI is InChI=1S/C15H23ClN2O3/c1-10(2)18-9-12(16)8-13(18)15(21)17-7-6-11(3)4-5-14(19)20/h8-11H,4-7H2,1-3H3,(H,17,21)(H,19,20). The van der Waals surface area contributed by atoms with E-state index in [0.29, 0.717) is 23.7 Å². The van der Waals surface area contributed by atoms with Gasteiger partial charge in [0.15, 0.2) is 0 Å². The van der Waals surface area contributed by atoms with Gasteiger partial charge in [0.05, 0.1) is 5.02 Å². The summed E-state index contributed by atoms with van der Waals surface area (Å²) in [6, 6.07) is 1.82. The normalized spacial score (nSPS) is 12.4. The molecule has 1 aromatic rings. The number of hydrogen-bond acceptors (Lipinski definition) is 2. The van der Waals surface area contributed by atoms with Crippen molar-refractivity contribution in [2.45, 2.75) is 46.1 Å². The van der Waals surface area contributed by atoms with Gasteiger partial charge in [0, 0.05) is 25.2 Å². The minimum Gasteiger partial charge on any atom is -0.481 e. The van der Waals surface area contributed by atoms with Crippen molar-refractivity contribution >= 4 is 23.5 Å². The van der Waals surface area contributed by atoms with E-state index in [4.69, 9.17) is 16.7 Å². The molecule has 1 heterocycles. The number of carbonyl (C=O) groups excluding carboxylic acids is 1. The number of carboxylic acids is 1. The van der Waals surface area contributed by atoms with E-state index in [1.165, 1.54) is 0 Å². The van der Waals surface area contributed by atoms with Crippen LogP contribution in [0.2, 0.25) is 5.02 Å². The summed E-state index contributed by atoms with van der Waals surface area (Å²) in [5, 5.41) is 12.0. The SMILES string of the molecule is CC(CCNC(=O)c1cc(Cl)cn1C(C)C)CCC(=O)O. The zero-order chi connectivity index (χ0) is 16.0. The number of amides is 1. The Morgan fingerprint density at radius 2 is 2.00 bits per heavy atom. The largest absolute Gasteiger partial charge is 0.481 e. The maximum Gasteiger partial charge on any atom is 0.303 e. The summed E-state index contributed by atoms with van der Waals surface area (Å²) in [7, 11) is 0. The number of nitrogens with zero attached hydrogens (tertiary/aromatic N) is 1. The average Bonchev–Trinajstić information content (AvgIpc) is 2.78. The second kappa shape index (κ2) is 8.08. The molecule has 1 rings (SSSR count). The molecule has 0 aliphatic carbocycles. The topological polar surface area (TPSA) is 71.3 Å². The highest BCUT2D eigenvalue weighted by Gasteiger charge is 2.15. The molecule has 0 aliphatic heterocycles. The molecule has 5 nitrogen and oxygen atoms in total. The number of rotatable bonds is 8. The zero-order valence-electron chi connectivity index (χ0n) is 12.7. The Bertz CT molecular complexity index is 497. The minimum absolute atomic E-state index is 0.152. The van der Waals surface area contributed by atoms with Gasteiger partial charge in [-0.05, 0) is 38.7 Å². The molecule has 0 spiro atoms. The predicted molar refractivity (Wildman–Crippen MR) is 82.8 cm³/mol. The van der Waals surface area contributed by atoms with Gasteiger partial charge in [-0.1, -0.05) is 18.5 Å². The van der Waals surface area contributed by atoms with E-state index in [0.717, 1.165) is 6.42 Å². The van der Waals surface area contributed by atoms with Gasteiger partial charge in [-0.15, -0.1) is 0 Å². The van der Waals surface area contributed by atoms with Crippen molar-refractivity contribution in [1.29, 1.82) is 0 Å². The second-order valence-electron chi connectivity index (χ2n) is 5.63. The predicted octanol–water partition coefficient (Wildman–Crippen LogP) is 3.34. The van der Waals surface area contributed by atoms with Crippen LogP contribution in [0.4, 0.5) is 0 Å². The third kappa shape index (κ3) is 5.79. The molecule has 0 aliphatic rings. The Kier molecular flexibility index (Phi) is 6.75. The fraction of sp³-hybridized carbons (Fsp3) is 0.600. The summed E-state index contributed by atoms with van der Waals surface area (Å²) in [4.78, 5) is 22.6. The van der Waals surface area contributed by atoms with Gasteiger partial charge in [-0.2, -0.15) is 0 Å². The van der Waals surface area contributed by atoms with E-state index in [2.05, 4.69) is 5.32 Å². The third-order valence-electron chi connectivity index (χ3n) is 3.38. The average molecular weight is 315 g/mol. The molecule has 1 atom stereocenters. The molecule has 2 N–H and O–H groups in total. The molecular weight excluding hydrogens is 292 g/mol. The van der Waals surface area contributed by atoms with E-state index >= 15 is 0 Å². The van der Waals surface area contributed by atoms with Crippen molar-refractivity contribution in [2.24, 2.45) is 5.92 Å². The first kappa shape index (κ1) is 17.6. The second-order valence-corrected chi connectivity index (χ2v) is 6.06. The highest BCUT2D eigenvalue weighted by atomic mass is 35.5. The number of nitrogens with one attached hydrogen (secondary N) is 1. The maximum absolute atomic E-state index is 12.1. The van der Waals surface area contributed by atoms with Crippen molar-refractivity contribution in [3.8, 4) is 0 Å². The van der Waals surface area contributed by atoms with E-state index in [1.54, 1.807) is 12.3 Å². The fourth-order valence-electron chi connectivity index (χ4n) is 2.09. The molecule has 0 fully saturated rings. The summed E-state index contributed by atoms with van der Waals surface area (Å²) >= 11 is 5.95. The zero-order valence-corrected chi connectivity index (χ0v) is 13.5. The van der Waals surface area contributed by atoms with Crippen LogP contribution in [0.5, 0.6) is 0 Å². The molecule has 21 heavy (non-hydrogen) atoms. The lowest BCUT2D eigenvalue weighted by Gasteiger charge is -2.14. The first-order valence-electron chi connectivity index (χ1n) is 7.18. The molecule has 1 aromatic heterocycles. The summed E-state index contributed by atoms with van der Waals surface area (Å²) in [5.74, 6) is -0.668. The van der Waals surface area contributed by atoms with Crippen LogP contribution in [-0.4, -0.2) is 28.1 Å². The maximum atomic E-state index is 12.1. The smallest absolute Gasteiger partial charge is 0.303 e. The van der Waals surface area contributed by atoms with Gasteiger partial charge in [0.25, 0.3) is 5.91 Å². The molecule has 6 heteroatoms. The van der Waals surface area contributed by atoms with Crippen LogP contribution < -0.4 is 5.32 Å². The molecule has 1 unspecified atom stereocenters. The molecule has 0 saturated heterocycles. The van der Waals surface area contributed by atoms with Gasteiger partial charge in [0.2, 0.25) is 0 Å². The number of hydrogen-bond donors (Lipinski definition) is 2. The Labute approximate surface area is 130 Å². The lowest BCUT2D eigenvalue weighted by molar-refractivity contribution is -0.137. The van der Waals surface area contributed by atoms with Crippen LogP contribution in [0, 0.1) is 5.92 Å². The number of carbonyl (C=O) groups is 2. The quantitative estimate of drug-likeness (QED) is 0.773. The Morgan fingerprint density at radius 1 is 1.33 bits per heavy atom. The van der Waals surface area contributed by atoms with Crippen molar-refractivity contribution in [1.82, 2.24) is 9.88 Å². The van der Waals surface area contributed by atoms with Crippen molar-refractivity contribution in [3.63, 3.8) is 0 Å². The van der Waals surface area contributed by atoms with Gasteiger partial charge >= 0.3 is 5.97 Å². The van der Waals surface area contributed by atoms with Gasteiger partial charge in [0.1, 0.15) is 5.69 Å². The summed E-state index contributed by atoms with van der Waals surface area (Å²) < 4.78 is 1.84. The van der Waals surface area contributed by atoms with E-state index in [9.17, 15) is 9.59 Å². The van der Waals surface area contributed by atoms with Crippen LogP contribution in [0.25, 0.3) is 0 Å². The molecular formula is C15H23ClN2O3. The first-order chi connectivity index (χ1) is 9.81. The van der Waals surface area contributed by atoms with Gasteiger partial charge in [-0.25, -0.2) is 0 Å². The van der Waals surface area contributed by atoms with Crippen LogP contribution in [0.15, 0.2) is 12.3 Å². The Balaban J connectivity index is 2.46. The number of halogens is 1. The lowest BCUT2D eigenvalue weighted by atomic mass is 10.0. The first-order valence-corrected chi connectivity index (χ1v) is 7.56. The molecule has 0 saturated carbocycles. The fourth-order valence-corrected chi connectivity index (χ4v) is 2.30. The lowest BCUT2D eigenvalue weighted by Crippen LogP contribution is -2.28. The van der Waals surface area contributed by atoms with Gasteiger partial charge in [-0.3, -0.25) is 9.59 Å². The van der Waals surface area contributed by atoms with E-state index < -0.39 is 5.97 Å². The summed E-state index contributed by atoms with van der Waals surface area (Å²) in [6.45, 7) is 6.49. The number of aromatic nitrogens is 1. The van der Waals surface area contributed by atoms with Crippen LogP contribution in [0.3, 0.4) is 0 Å². The van der Waals surface area contributed by atoms with Gasteiger partial charge < -0.3 is 15.0 Å². The van der Waals surface area contributed by atoms with Crippen molar-refractivity contribution in [2.75, 3.05) is 6.54 Å². The number of aliphatic carboxylic acids is 1. The Hall–Kier alpha value is -1.49. The summed E-state index contributed by atoms with van der Waals surface area (Å²) in [5.41, 5.74) is 0.549. The Morgan fingerprint density at radius 3 is 2.57 bits per heavy atom. The van der Waals surface area contributed by atoms with Crippen LogP contribution >= 0.6 is 11.6 Å². The molecule has 1 amide bonds. The van der Waals surface area contributed by atoms with E-state index in [1.807, 2.05) is 25.3 Å². The number of carboxylic acid groups (broad SMARTS) is 1.